The number of piperidine rings is 1. The van der Waals surface area contributed by atoms with E-state index in [9.17, 15) is 5.11 Å². The van der Waals surface area contributed by atoms with E-state index in [4.69, 9.17) is 16.3 Å². The third kappa shape index (κ3) is 4.50. The van der Waals surface area contributed by atoms with Gasteiger partial charge in [0.1, 0.15) is 0 Å². The molecular formula is C16H25ClN2O2. The third-order valence-corrected chi connectivity index (χ3v) is 4.33. The fraction of sp³-hybridized carbons (Fsp3) is 0.625. The molecule has 1 aromatic carbocycles. The van der Waals surface area contributed by atoms with E-state index < -0.39 is 0 Å². The van der Waals surface area contributed by atoms with E-state index in [-0.39, 0.29) is 5.75 Å². The number of aromatic hydroxyl groups is 1. The lowest BCUT2D eigenvalue weighted by atomic mass is 10.1. The molecule has 1 aliphatic heterocycles. The van der Waals surface area contributed by atoms with Crippen LogP contribution in [-0.4, -0.2) is 42.8 Å². The summed E-state index contributed by atoms with van der Waals surface area (Å²) in [5.41, 5.74) is 0.769. The molecule has 1 atom stereocenters. The molecule has 0 bridgehead atoms. The van der Waals surface area contributed by atoms with E-state index in [1.165, 1.54) is 39.5 Å². The molecule has 21 heavy (non-hydrogen) atoms. The molecule has 1 heterocycles. The Balaban J connectivity index is 1.86. The largest absolute Gasteiger partial charge is 0.504 e. The van der Waals surface area contributed by atoms with Gasteiger partial charge in [0.05, 0.1) is 7.11 Å². The third-order valence-electron chi connectivity index (χ3n) is 4.11. The van der Waals surface area contributed by atoms with Crippen LogP contribution >= 0.6 is 11.6 Å². The highest BCUT2D eigenvalue weighted by Gasteiger charge is 2.16. The summed E-state index contributed by atoms with van der Waals surface area (Å²) in [5, 5.41) is 14.1. The molecule has 5 heteroatoms. The van der Waals surface area contributed by atoms with Gasteiger partial charge >= 0.3 is 0 Å². The number of nitrogens with zero attached hydrogens (tertiary/aromatic N) is 1. The first kappa shape index (κ1) is 16.4. The molecule has 1 unspecified atom stereocenters. The molecule has 1 saturated heterocycles. The van der Waals surface area contributed by atoms with Crippen LogP contribution in [0.25, 0.3) is 0 Å². The Morgan fingerprint density at radius 1 is 1.33 bits per heavy atom. The predicted octanol–water partition coefficient (Wildman–Crippen LogP) is 3.02. The molecule has 1 fully saturated rings. The van der Waals surface area contributed by atoms with Gasteiger partial charge in [0.2, 0.25) is 0 Å². The summed E-state index contributed by atoms with van der Waals surface area (Å²) >= 11 is 6.04. The van der Waals surface area contributed by atoms with Crippen LogP contribution in [0, 0.1) is 0 Å². The Hall–Kier alpha value is -0.970. The van der Waals surface area contributed by atoms with E-state index in [2.05, 4.69) is 17.1 Å². The van der Waals surface area contributed by atoms with Crippen LogP contribution in [0.4, 0.5) is 0 Å². The standard InChI is InChI=1S/C16H25ClN2O2/c1-12(19-6-4-3-5-7-19)10-18-11-13-8-14(17)9-15(21-2)16(13)20/h8-9,12,18,20H,3-7,10-11H2,1-2H3. The molecule has 0 amide bonds. The number of phenols is 1. The second kappa shape index (κ2) is 7.87. The van der Waals surface area contributed by atoms with Crippen molar-refractivity contribution in [2.24, 2.45) is 0 Å². The Morgan fingerprint density at radius 2 is 2.05 bits per heavy atom. The minimum Gasteiger partial charge on any atom is -0.504 e. The number of rotatable bonds is 6. The highest BCUT2D eigenvalue weighted by atomic mass is 35.5. The van der Waals surface area contributed by atoms with Gasteiger partial charge in [0.25, 0.3) is 0 Å². The Labute approximate surface area is 132 Å². The molecule has 0 spiro atoms. The zero-order valence-electron chi connectivity index (χ0n) is 12.9. The van der Waals surface area contributed by atoms with E-state index in [0.29, 0.717) is 23.4 Å². The molecule has 1 aliphatic rings. The molecule has 118 valence electrons. The predicted molar refractivity (Wildman–Crippen MR) is 86.3 cm³/mol. The van der Waals surface area contributed by atoms with Crippen molar-refractivity contribution in [2.75, 3.05) is 26.7 Å². The van der Waals surface area contributed by atoms with Crippen molar-refractivity contribution in [1.82, 2.24) is 10.2 Å². The number of hydrogen-bond acceptors (Lipinski definition) is 4. The summed E-state index contributed by atoms with van der Waals surface area (Å²) < 4.78 is 5.12. The number of phenolic OH excluding ortho intramolecular Hbond substituents is 1. The fourth-order valence-corrected chi connectivity index (χ4v) is 3.05. The maximum Gasteiger partial charge on any atom is 0.162 e. The van der Waals surface area contributed by atoms with Crippen LogP contribution in [0.2, 0.25) is 5.02 Å². The zero-order valence-corrected chi connectivity index (χ0v) is 13.6. The summed E-state index contributed by atoms with van der Waals surface area (Å²) in [7, 11) is 1.53. The first-order valence-corrected chi connectivity index (χ1v) is 7.99. The monoisotopic (exact) mass is 312 g/mol. The van der Waals surface area contributed by atoms with Gasteiger partial charge in [-0.15, -0.1) is 0 Å². The molecule has 2 N–H and O–H groups in total. The van der Waals surface area contributed by atoms with Crippen LogP contribution < -0.4 is 10.1 Å². The summed E-state index contributed by atoms with van der Waals surface area (Å²) in [5.74, 6) is 0.586. The molecule has 0 saturated carbocycles. The van der Waals surface area contributed by atoms with E-state index in [1.807, 2.05) is 0 Å². The van der Waals surface area contributed by atoms with Gasteiger partial charge in [-0.25, -0.2) is 0 Å². The molecular weight excluding hydrogens is 288 g/mol. The summed E-state index contributed by atoms with van der Waals surface area (Å²) in [6, 6.07) is 3.91. The molecule has 0 aliphatic carbocycles. The first-order valence-electron chi connectivity index (χ1n) is 7.62. The smallest absolute Gasteiger partial charge is 0.162 e. The number of likely N-dealkylation sites (tertiary alicyclic amines) is 1. The van der Waals surface area contributed by atoms with Crippen molar-refractivity contribution in [3.05, 3.63) is 22.7 Å². The van der Waals surface area contributed by atoms with E-state index in [0.717, 1.165) is 12.1 Å². The lowest BCUT2D eigenvalue weighted by Crippen LogP contribution is -2.42. The normalized spacial score (nSPS) is 17.7. The van der Waals surface area contributed by atoms with Crippen molar-refractivity contribution in [3.63, 3.8) is 0 Å². The van der Waals surface area contributed by atoms with Crippen LogP contribution in [0.1, 0.15) is 31.7 Å². The second-order valence-corrected chi connectivity index (χ2v) is 6.13. The van der Waals surface area contributed by atoms with Gasteiger partial charge < -0.3 is 15.2 Å². The average molecular weight is 313 g/mol. The van der Waals surface area contributed by atoms with Crippen molar-refractivity contribution < 1.29 is 9.84 Å². The van der Waals surface area contributed by atoms with Crippen molar-refractivity contribution >= 4 is 11.6 Å². The number of hydrogen-bond donors (Lipinski definition) is 2. The number of halogens is 1. The van der Waals surface area contributed by atoms with Crippen LogP contribution in [0.3, 0.4) is 0 Å². The molecule has 4 nitrogen and oxygen atoms in total. The topological polar surface area (TPSA) is 44.7 Å². The van der Waals surface area contributed by atoms with Crippen molar-refractivity contribution in [2.45, 2.75) is 38.8 Å². The van der Waals surface area contributed by atoms with E-state index in [1.54, 1.807) is 12.1 Å². The molecule has 0 radical (unpaired) electrons. The SMILES string of the molecule is COc1cc(Cl)cc(CNCC(C)N2CCCCC2)c1O. The summed E-state index contributed by atoms with van der Waals surface area (Å²) in [6.07, 6.45) is 3.96. The number of methoxy groups -OCH3 is 1. The van der Waals surface area contributed by atoms with Crippen LogP contribution in [-0.2, 0) is 6.54 Å². The van der Waals surface area contributed by atoms with Gasteiger partial charge in [0, 0.05) is 35.8 Å². The van der Waals surface area contributed by atoms with Crippen molar-refractivity contribution in [3.8, 4) is 11.5 Å². The second-order valence-electron chi connectivity index (χ2n) is 5.69. The molecule has 2 rings (SSSR count). The molecule has 0 aromatic heterocycles. The van der Waals surface area contributed by atoms with Gasteiger partial charge in [0.15, 0.2) is 11.5 Å². The maximum absolute atomic E-state index is 10.1. The lowest BCUT2D eigenvalue weighted by Gasteiger charge is -2.32. The lowest BCUT2D eigenvalue weighted by molar-refractivity contribution is 0.170. The fourth-order valence-electron chi connectivity index (χ4n) is 2.82. The van der Waals surface area contributed by atoms with Gasteiger partial charge in [-0.1, -0.05) is 18.0 Å². The summed E-state index contributed by atoms with van der Waals surface area (Å²) in [4.78, 5) is 2.52. The maximum atomic E-state index is 10.1. The van der Waals surface area contributed by atoms with E-state index >= 15 is 0 Å². The number of benzene rings is 1. The van der Waals surface area contributed by atoms with Gasteiger partial charge in [-0.05, 0) is 38.9 Å². The number of ether oxygens (including phenoxy) is 1. The first-order chi connectivity index (χ1) is 10.1. The van der Waals surface area contributed by atoms with Crippen molar-refractivity contribution in [1.29, 1.82) is 0 Å². The molecule has 1 aromatic rings. The minimum atomic E-state index is 0.167. The Bertz CT molecular complexity index is 462. The van der Waals surface area contributed by atoms with Gasteiger partial charge in [-0.3, -0.25) is 4.90 Å². The van der Waals surface area contributed by atoms with Crippen LogP contribution in [0.15, 0.2) is 12.1 Å². The highest BCUT2D eigenvalue weighted by Crippen LogP contribution is 2.33. The minimum absolute atomic E-state index is 0.167. The Kier molecular flexibility index (Phi) is 6.15. The Morgan fingerprint density at radius 3 is 2.71 bits per heavy atom. The summed E-state index contributed by atoms with van der Waals surface area (Å²) in [6.45, 7) is 6.12. The average Bonchev–Trinajstić information content (AvgIpc) is 2.51. The number of nitrogens with one attached hydrogen (secondary N) is 1. The quantitative estimate of drug-likeness (QED) is 0.847. The van der Waals surface area contributed by atoms with Crippen LogP contribution in [0.5, 0.6) is 11.5 Å². The highest BCUT2D eigenvalue weighted by molar-refractivity contribution is 6.30. The van der Waals surface area contributed by atoms with Gasteiger partial charge in [-0.2, -0.15) is 0 Å². The zero-order chi connectivity index (χ0) is 15.2.